The van der Waals surface area contributed by atoms with Crippen LogP contribution in [0.15, 0.2) is 12.1 Å². The number of urea groups is 1. The average Bonchev–Trinajstić information content (AvgIpc) is 2.87. The van der Waals surface area contributed by atoms with Crippen molar-refractivity contribution in [2.75, 3.05) is 18.5 Å². The first-order valence-electron chi connectivity index (χ1n) is 9.31. The van der Waals surface area contributed by atoms with Crippen molar-refractivity contribution in [1.29, 1.82) is 0 Å². The van der Waals surface area contributed by atoms with E-state index in [0.29, 0.717) is 18.5 Å². The van der Waals surface area contributed by atoms with Gasteiger partial charge in [0.05, 0.1) is 0 Å². The monoisotopic (exact) mass is 389 g/mol. The molecule has 152 valence electrons. The van der Waals surface area contributed by atoms with E-state index in [1.807, 2.05) is 32.9 Å². The SMILES string of the molecule is CCC1(CC)NC(=O)N(CC(=O)OCC(=O)Nc2c(C)cc(C)cc2C)C1=O. The Hall–Kier alpha value is -2.90. The van der Waals surface area contributed by atoms with Crippen LogP contribution in [0.1, 0.15) is 43.4 Å². The summed E-state index contributed by atoms with van der Waals surface area (Å²) >= 11 is 0. The van der Waals surface area contributed by atoms with Gasteiger partial charge in [-0.25, -0.2) is 4.79 Å². The van der Waals surface area contributed by atoms with Crippen molar-refractivity contribution < 1.29 is 23.9 Å². The Morgan fingerprint density at radius 1 is 1.11 bits per heavy atom. The molecule has 0 atom stereocenters. The quantitative estimate of drug-likeness (QED) is 0.549. The number of hydrogen-bond acceptors (Lipinski definition) is 5. The summed E-state index contributed by atoms with van der Waals surface area (Å²) in [5, 5.41) is 5.36. The highest BCUT2D eigenvalue weighted by atomic mass is 16.5. The summed E-state index contributed by atoms with van der Waals surface area (Å²) in [4.78, 5) is 49.5. The lowest BCUT2D eigenvalue weighted by molar-refractivity contribution is -0.150. The predicted octanol–water partition coefficient (Wildman–Crippen LogP) is 2.20. The maximum Gasteiger partial charge on any atom is 0.326 e. The number of nitrogens with zero attached hydrogens (tertiary/aromatic N) is 1. The van der Waals surface area contributed by atoms with Crippen molar-refractivity contribution in [2.24, 2.45) is 0 Å². The number of imide groups is 1. The molecule has 0 aromatic heterocycles. The third kappa shape index (κ3) is 4.32. The molecule has 2 N–H and O–H groups in total. The summed E-state index contributed by atoms with van der Waals surface area (Å²) in [6, 6.07) is 3.26. The fraction of sp³-hybridized carbons (Fsp3) is 0.500. The molecule has 0 unspecified atom stereocenters. The van der Waals surface area contributed by atoms with Crippen molar-refractivity contribution in [3.8, 4) is 0 Å². The number of esters is 1. The maximum atomic E-state index is 12.5. The molecule has 2 rings (SSSR count). The van der Waals surface area contributed by atoms with Crippen LogP contribution >= 0.6 is 0 Å². The number of benzene rings is 1. The molecule has 0 aliphatic carbocycles. The Balaban J connectivity index is 1.92. The van der Waals surface area contributed by atoms with Gasteiger partial charge in [-0.1, -0.05) is 31.5 Å². The van der Waals surface area contributed by atoms with Gasteiger partial charge in [0.2, 0.25) is 0 Å². The van der Waals surface area contributed by atoms with Gasteiger partial charge < -0.3 is 15.4 Å². The Labute approximate surface area is 164 Å². The van der Waals surface area contributed by atoms with Crippen LogP contribution < -0.4 is 10.6 Å². The molecule has 1 aliphatic rings. The number of carbonyl (C=O) groups is 4. The van der Waals surface area contributed by atoms with Gasteiger partial charge in [0, 0.05) is 5.69 Å². The predicted molar refractivity (Wildman–Crippen MR) is 104 cm³/mol. The van der Waals surface area contributed by atoms with Crippen molar-refractivity contribution in [3.63, 3.8) is 0 Å². The van der Waals surface area contributed by atoms with Crippen LogP contribution in [0, 0.1) is 20.8 Å². The molecule has 28 heavy (non-hydrogen) atoms. The zero-order chi connectivity index (χ0) is 21.1. The molecule has 1 aromatic carbocycles. The third-order valence-electron chi connectivity index (χ3n) is 5.05. The number of nitrogens with one attached hydrogen (secondary N) is 2. The zero-order valence-corrected chi connectivity index (χ0v) is 17.0. The molecule has 0 bridgehead atoms. The van der Waals surface area contributed by atoms with Crippen LogP contribution in [0.2, 0.25) is 0 Å². The number of ether oxygens (including phenoxy) is 1. The van der Waals surface area contributed by atoms with Gasteiger partial charge in [0.25, 0.3) is 11.8 Å². The molecule has 1 heterocycles. The summed E-state index contributed by atoms with van der Waals surface area (Å²) in [7, 11) is 0. The fourth-order valence-electron chi connectivity index (χ4n) is 3.42. The van der Waals surface area contributed by atoms with Crippen LogP contribution in [0.5, 0.6) is 0 Å². The molecule has 8 nitrogen and oxygen atoms in total. The minimum atomic E-state index is -0.977. The lowest BCUT2D eigenvalue weighted by Gasteiger charge is -2.22. The molecule has 1 aromatic rings. The Kier molecular flexibility index (Phi) is 6.43. The van der Waals surface area contributed by atoms with E-state index in [2.05, 4.69) is 10.6 Å². The molecule has 0 saturated carbocycles. The van der Waals surface area contributed by atoms with Gasteiger partial charge in [0.1, 0.15) is 12.1 Å². The highest BCUT2D eigenvalue weighted by Crippen LogP contribution is 2.25. The number of hydrogen-bond donors (Lipinski definition) is 2. The lowest BCUT2D eigenvalue weighted by atomic mass is 9.93. The normalized spacial score (nSPS) is 15.4. The zero-order valence-electron chi connectivity index (χ0n) is 17.0. The molecule has 4 amide bonds. The largest absolute Gasteiger partial charge is 0.454 e. The summed E-state index contributed by atoms with van der Waals surface area (Å²) in [5.74, 6) is -1.76. The lowest BCUT2D eigenvalue weighted by Crippen LogP contribution is -2.46. The Morgan fingerprint density at radius 2 is 1.68 bits per heavy atom. The van der Waals surface area contributed by atoms with E-state index >= 15 is 0 Å². The summed E-state index contributed by atoms with van der Waals surface area (Å²) in [5.41, 5.74) is 2.61. The van der Waals surface area contributed by atoms with E-state index in [9.17, 15) is 19.2 Å². The van der Waals surface area contributed by atoms with E-state index in [0.717, 1.165) is 21.6 Å². The number of carbonyl (C=O) groups excluding carboxylic acids is 4. The molecular weight excluding hydrogens is 362 g/mol. The van der Waals surface area contributed by atoms with Gasteiger partial charge in [-0.3, -0.25) is 19.3 Å². The van der Waals surface area contributed by atoms with Crippen LogP contribution in [-0.4, -0.2) is 47.4 Å². The van der Waals surface area contributed by atoms with E-state index in [1.165, 1.54) is 0 Å². The number of rotatable bonds is 7. The minimum Gasteiger partial charge on any atom is -0.454 e. The minimum absolute atomic E-state index is 0.428. The van der Waals surface area contributed by atoms with E-state index in [1.54, 1.807) is 13.8 Å². The summed E-state index contributed by atoms with van der Waals surface area (Å²) < 4.78 is 4.95. The number of amides is 4. The smallest absolute Gasteiger partial charge is 0.326 e. The van der Waals surface area contributed by atoms with Gasteiger partial charge in [0.15, 0.2) is 6.61 Å². The van der Waals surface area contributed by atoms with E-state index < -0.39 is 42.5 Å². The van der Waals surface area contributed by atoms with Gasteiger partial charge in [-0.05, 0) is 44.7 Å². The molecular formula is C20H27N3O5. The van der Waals surface area contributed by atoms with Gasteiger partial charge >= 0.3 is 12.0 Å². The topological polar surface area (TPSA) is 105 Å². The average molecular weight is 389 g/mol. The van der Waals surface area contributed by atoms with Gasteiger partial charge in [-0.2, -0.15) is 0 Å². The molecule has 0 spiro atoms. The Bertz CT molecular complexity index is 791. The van der Waals surface area contributed by atoms with Crippen LogP contribution in [-0.2, 0) is 19.1 Å². The highest BCUT2D eigenvalue weighted by molar-refractivity contribution is 6.08. The van der Waals surface area contributed by atoms with Crippen molar-refractivity contribution in [2.45, 2.75) is 53.0 Å². The molecule has 1 saturated heterocycles. The summed E-state index contributed by atoms with van der Waals surface area (Å²) in [6.07, 6.45) is 0.856. The molecule has 1 fully saturated rings. The number of aryl methyl sites for hydroxylation is 3. The second kappa shape index (κ2) is 8.41. The highest BCUT2D eigenvalue weighted by Gasteiger charge is 2.49. The standard InChI is InChI=1S/C20H27N3O5/c1-6-20(7-2)18(26)23(19(27)22-20)10-16(25)28-11-15(24)21-17-13(4)8-12(3)9-14(17)5/h8-9H,6-7,10-11H2,1-5H3,(H,21,24)(H,22,27). The first-order chi connectivity index (χ1) is 13.1. The molecule has 8 heteroatoms. The van der Waals surface area contributed by atoms with E-state index in [4.69, 9.17) is 4.74 Å². The first kappa shape index (κ1) is 21.4. The van der Waals surface area contributed by atoms with Crippen LogP contribution in [0.25, 0.3) is 0 Å². The third-order valence-corrected chi connectivity index (χ3v) is 5.05. The van der Waals surface area contributed by atoms with Crippen LogP contribution in [0.3, 0.4) is 0 Å². The summed E-state index contributed by atoms with van der Waals surface area (Å²) in [6.45, 7) is 8.30. The Morgan fingerprint density at radius 3 is 2.18 bits per heavy atom. The molecule has 0 radical (unpaired) electrons. The molecule has 1 aliphatic heterocycles. The van der Waals surface area contributed by atoms with Gasteiger partial charge in [-0.15, -0.1) is 0 Å². The van der Waals surface area contributed by atoms with Crippen molar-refractivity contribution >= 4 is 29.5 Å². The second-order valence-corrected chi connectivity index (χ2v) is 7.09. The fourth-order valence-corrected chi connectivity index (χ4v) is 3.42. The second-order valence-electron chi connectivity index (χ2n) is 7.09. The maximum absolute atomic E-state index is 12.5. The van der Waals surface area contributed by atoms with Crippen molar-refractivity contribution in [1.82, 2.24) is 10.2 Å². The van der Waals surface area contributed by atoms with E-state index in [-0.39, 0.29) is 0 Å². The first-order valence-corrected chi connectivity index (χ1v) is 9.31. The van der Waals surface area contributed by atoms with Crippen LogP contribution in [0.4, 0.5) is 10.5 Å². The number of anilines is 1. The van der Waals surface area contributed by atoms with Crippen molar-refractivity contribution in [3.05, 3.63) is 28.8 Å².